The first-order valence-corrected chi connectivity index (χ1v) is 17.3. The number of rotatable bonds is 5. The van der Waals surface area contributed by atoms with Crippen LogP contribution in [0.1, 0.15) is 0 Å². The molecular weight excluding hydrogens is 617 g/mol. The average Bonchev–Trinajstić information content (AvgIpc) is 3.78. The topological polar surface area (TPSA) is 29.3 Å². The van der Waals surface area contributed by atoms with Crippen LogP contribution in [-0.2, 0) is 0 Å². The highest BCUT2D eigenvalue weighted by atomic mass is 32.1. The summed E-state index contributed by atoms with van der Waals surface area (Å²) in [4.78, 5) is 7.51. The second-order valence-electron chi connectivity index (χ2n) is 12.4. The van der Waals surface area contributed by atoms with Crippen molar-refractivity contribution in [1.29, 1.82) is 0 Å². The summed E-state index contributed by atoms with van der Waals surface area (Å²) in [6, 6.07) is 60.2. The number of hydrogen-bond donors (Lipinski definition) is 0. The van der Waals surface area contributed by atoms with Gasteiger partial charge in [-0.05, 0) is 75.8 Å². The Morgan fingerprint density at radius 3 is 2.04 bits per heavy atom. The number of fused-ring (bicyclic) bond motifs is 7. The van der Waals surface area contributed by atoms with Gasteiger partial charge in [0.15, 0.2) is 0 Å². The van der Waals surface area contributed by atoms with E-state index in [-0.39, 0.29) is 0 Å². The molecule has 0 spiro atoms. The summed E-state index contributed by atoms with van der Waals surface area (Å²) in [6.07, 6.45) is 0. The zero-order valence-electron chi connectivity index (χ0n) is 26.4. The monoisotopic (exact) mass is 644 g/mol. The van der Waals surface area contributed by atoms with Crippen molar-refractivity contribution in [3.63, 3.8) is 0 Å². The number of furan rings is 1. The molecule has 0 aliphatic carbocycles. The maximum absolute atomic E-state index is 6.62. The van der Waals surface area contributed by atoms with Gasteiger partial charge in [-0.2, -0.15) is 0 Å². The van der Waals surface area contributed by atoms with Gasteiger partial charge in [-0.3, -0.25) is 0 Å². The number of anilines is 3. The highest BCUT2D eigenvalue weighted by Gasteiger charge is 2.19. The Labute approximate surface area is 286 Å². The standard InChI is InChI=1S/C45H28N2OS/c1-2-9-29(10-3-1)31-17-21-34(22-18-31)47(35-23-19-30-11-4-5-13-33(30)27-35)36-24-25-38-41(28-36)48-40-16-8-15-39(43(38)40)45-46-44-37-14-7-6-12-32(37)20-26-42(44)49-45/h1-28H. The number of aromatic nitrogens is 1. The van der Waals surface area contributed by atoms with Gasteiger partial charge >= 0.3 is 0 Å². The van der Waals surface area contributed by atoms with Crippen LogP contribution in [0.15, 0.2) is 174 Å². The Balaban J connectivity index is 1.12. The fraction of sp³-hybridized carbons (Fsp3) is 0. The van der Waals surface area contributed by atoms with Crippen molar-refractivity contribution in [2.75, 3.05) is 4.90 Å². The molecular formula is C45H28N2OS. The molecule has 2 aromatic heterocycles. The van der Waals surface area contributed by atoms with Crippen molar-refractivity contribution in [2.24, 2.45) is 0 Å². The van der Waals surface area contributed by atoms with Crippen LogP contribution >= 0.6 is 11.3 Å². The Hall–Kier alpha value is -6.23. The molecule has 0 aliphatic rings. The Morgan fingerprint density at radius 1 is 0.469 bits per heavy atom. The predicted molar refractivity (Wildman–Crippen MR) is 207 cm³/mol. The average molecular weight is 645 g/mol. The quantitative estimate of drug-likeness (QED) is 0.187. The van der Waals surface area contributed by atoms with Crippen molar-refractivity contribution in [1.82, 2.24) is 4.98 Å². The molecule has 10 rings (SSSR count). The molecule has 49 heavy (non-hydrogen) atoms. The van der Waals surface area contributed by atoms with E-state index in [2.05, 4.69) is 175 Å². The molecule has 10 aromatic rings. The van der Waals surface area contributed by atoms with E-state index in [1.165, 1.54) is 37.4 Å². The van der Waals surface area contributed by atoms with Gasteiger partial charge in [0.05, 0.1) is 10.2 Å². The van der Waals surface area contributed by atoms with E-state index in [1.807, 2.05) is 0 Å². The smallest absolute Gasteiger partial charge is 0.137 e. The van der Waals surface area contributed by atoms with Crippen LogP contribution in [0.5, 0.6) is 0 Å². The molecule has 0 unspecified atom stereocenters. The molecule has 0 radical (unpaired) electrons. The summed E-state index contributed by atoms with van der Waals surface area (Å²) in [5.41, 5.74) is 9.43. The van der Waals surface area contributed by atoms with Crippen LogP contribution in [0.4, 0.5) is 17.1 Å². The first-order chi connectivity index (χ1) is 24.3. The van der Waals surface area contributed by atoms with E-state index in [4.69, 9.17) is 9.40 Å². The molecule has 0 atom stereocenters. The van der Waals surface area contributed by atoms with Gasteiger partial charge in [-0.1, -0.05) is 115 Å². The molecule has 0 amide bonds. The summed E-state index contributed by atoms with van der Waals surface area (Å²) < 4.78 is 7.80. The Morgan fingerprint density at radius 2 is 1.16 bits per heavy atom. The van der Waals surface area contributed by atoms with Gasteiger partial charge in [0.25, 0.3) is 0 Å². The molecule has 0 aliphatic heterocycles. The van der Waals surface area contributed by atoms with Crippen LogP contribution in [-0.4, -0.2) is 4.98 Å². The third-order valence-electron chi connectivity index (χ3n) is 9.48. The molecule has 3 nitrogen and oxygen atoms in total. The minimum Gasteiger partial charge on any atom is -0.456 e. The van der Waals surface area contributed by atoms with Crippen LogP contribution in [0.3, 0.4) is 0 Å². The minimum atomic E-state index is 0.846. The predicted octanol–water partition coefficient (Wildman–Crippen LogP) is 13.3. The molecule has 230 valence electrons. The second-order valence-corrected chi connectivity index (χ2v) is 13.4. The molecule has 0 bridgehead atoms. The molecule has 0 saturated carbocycles. The van der Waals surface area contributed by atoms with Crippen molar-refractivity contribution in [3.8, 4) is 21.7 Å². The number of hydrogen-bond acceptors (Lipinski definition) is 4. The molecule has 0 fully saturated rings. The van der Waals surface area contributed by atoms with Gasteiger partial charge in [-0.25, -0.2) is 4.98 Å². The molecule has 0 saturated heterocycles. The van der Waals surface area contributed by atoms with E-state index in [1.54, 1.807) is 11.3 Å². The second kappa shape index (κ2) is 11.2. The van der Waals surface area contributed by atoms with Gasteiger partial charge in [0.1, 0.15) is 16.2 Å². The number of benzene rings is 8. The molecule has 4 heteroatoms. The lowest BCUT2D eigenvalue weighted by Crippen LogP contribution is -2.09. The lowest BCUT2D eigenvalue weighted by molar-refractivity contribution is 0.669. The highest BCUT2D eigenvalue weighted by molar-refractivity contribution is 7.21. The first kappa shape index (κ1) is 27.8. The minimum absolute atomic E-state index is 0.846. The van der Waals surface area contributed by atoms with Crippen molar-refractivity contribution in [2.45, 2.75) is 0 Å². The van der Waals surface area contributed by atoms with Crippen molar-refractivity contribution >= 4 is 82.1 Å². The fourth-order valence-corrected chi connectivity index (χ4v) is 8.12. The molecule has 2 heterocycles. The van der Waals surface area contributed by atoms with Crippen LogP contribution < -0.4 is 4.90 Å². The molecule has 0 N–H and O–H groups in total. The summed E-state index contributed by atoms with van der Waals surface area (Å²) in [7, 11) is 0. The maximum Gasteiger partial charge on any atom is 0.137 e. The Kier molecular flexibility index (Phi) is 6.36. The fourth-order valence-electron chi connectivity index (χ4n) is 7.10. The molecule has 8 aromatic carbocycles. The summed E-state index contributed by atoms with van der Waals surface area (Å²) in [5.74, 6) is 0. The van der Waals surface area contributed by atoms with E-state index in [9.17, 15) is 0 Å². The van der Waals surface area contributed by atoms with E-state index in [0.717, 1.165) is 55.1 Å². The van der Waals surface area contributed by atoms with E-state index >= 15 is 0 Å². The van der Waals surface area contributed by atoms with Gasteiger partial charge in [0.2, 0.25) is 0 Å². The van der Waals surface area contributed by atoms with Crippen LogP contribution in [0, 0.1) is 0 Å². The zero-order chi connectivity index (χ0) is 32.3. The van der Waals surface area contributed by atoms with Gasteiger partial charge < -0.3 is 9.32 Å². The SMILES string of the molecule is c1ccc(-c2ccc(N(c3ccc4ccccc4c3)c3ccc4c(c3)oc3cccc(-c5nc6c(ccc7ccccc76)s5)c34)cc2)cc1. The lowest BCUT2D eigenvalue weighted by Gasteiger charge is -2.26. The lowest BCUT2D eigenvalue weighted by atomic mass is 10.0. The van der Waals surface area contributed by atoms with Gasteiger partial charge in [0, 0.05) is 44.9 Å². The summed E-state index contributed by atoms with van der Waals surface area (Å²) >= 11 is 1.73. The third-order valence-corrected chi connectivity index (χ3v) is 10.5. The Bertz CT molecular complexity index is 2830. The first-order valence-electron chi connectivity index (χ1n) is 16.5. The van der Waals surface area contributed by atoms with Gasteiger partial charge in [-0.15, -0.1) is 11.3 Å². The number of nitrogens with zero attached hydrogens (tertiary/aromatic N) is 2. The largest absolute Gasteiger partial charge is 0.456 e. The zero-order valence-corrected chi connectivity index (χ0v) is 27.2. The van der Waals surface area contributed by atoms with Crippen molar-refractivity contribution in [3.05, 3.63) is 170 Å². The van der Waals surface area contributed by atoms with Crippen LogP contribution in [0.25, 0.3) is 75.4 Å². The normalized spacial score (nSPS) is 11.7. The maximum atomic E-state index is 6.62. The third kappa shape index (κ3) is 4.68. The summed E-state index contributed by atoms with van der Waals surface area (Å²) in [5, 5.41) is 7.98. The van der Waals surface area contributed by atoms with Crippen molar-refractivity contribution < 1.29 is 4.42 Å². The van der Waals surface area contributed by atoms with Crippen LogP contribution in [0.2, 0.25) is 0 Å². The number of thiazole rings is 1. The van der Waals surface area contributed by atoms with E-state index < -0.39 is 0 Å². The van der Waals surface area contributed by atoms with E-state index in [0.29, 0.717) is 0 Å². The highest BCUT2D eigenvalue weighted by Crippen LogP contribution is 2.43. The summed E-state index contributed by atoms with van der Waals surface area (Å²) in [6.45, 7) is 0.